The molecule has 0 N–H and O–H groups in total. The van der Waals surface area contributed by atoms with E-state index < -0.39 is 6.10 Å². The summed E-state index contributed by atoms with van der Waals surface area (Å²) < 4.78 is 17.5. The van der Waals surface area contributed by atoms with Crippen LogP contribution in [0.3, 0.4) is 0 Å². The Bertz CT molecular complexity index is 1080. The van der Waals surface area contributed by atoms with Crippen LogP contribution in [0.5, 0.6) is 0 Å². The SMILES string of the molecule is CCCCC/C=C\C/C=C\C/C=C\CCCCCCCCCOCC(COC(=O)CCCCCCCCCCCCCCCCCCC)OC(=O)CCCCCCCCCCCCCCCCC. The van der Waals surface area contributed by atoms with E-state index >= 15 is 0 Å². The fourth-order valence-electron chi connectivity index (χ4n) is 9.11. The van der Waals surface area contributed by atoms with Crippen molar-refractivity contribution in [1.82, 2.24) is 0 Å². The number of hydrogen-bond acceptors (Lipinski definition) is 5. The molecule has 400 valence electrons. The van der Waals surface area contributed by atoms with E-state index in [9.17, 15) is 9.59 Å². The van der Waals surface area contributed by atoms with E-state index in [1.54, 1.807) is 0 Å². The topological polar surface area (TPSA) is 61.8 Å². The largest absolute Gasteiger partial charge is 0.462 e. The van der Waals surface area contributed by atoms with Gasteiger partial charge in [0, 0.05) is 19.4 Å². The maximum absolute atomic E-state index is 12.9. The van der Waals surface area contributed by atoms with Crippen molar-refractivity contribution in [1.29, 1.82) is 0 Å². The molecular weight excluding hydrogens is 837 g/mol. The lowest BCUT2D eigenvalue weighted by molar-refractivity contribution is -0.163. The van der Waals surface area contributed by atoms with E-state index in [4.69, 9.17) is 14.2 Å². The highest BCUT2D eigenvalue weighted by Gasteiger charge is 2.17. The predicted molar refractivity (Wildman–Crippen MR) is 298 cm³/mol. The van der Waals surface area contributed by atoms with Crippen molar-refractivity contribution in [3.8, 4) is 0 Å². The van der Waals surface area contributed by atoms with Gasteiger partial charge in [0.2, 0.25) is 0 Å². The van der Waals surface area contributed by atoms with Crippen molar-refractivity contribution in [3.05, 3.63) is 36.5 Å². The minimum Gasteiger partial charge on any atom is -0.462 e. The van der Waals surface area contributed by atoms with Gasteiger partial charge in [0.1, 0.15) is 6.61 Å². The van der Waals surface area contributed by atoms with Gasteiger partial charge in [-0.3, -0.25) is 9.59 Å². The molecule has 0 radical (unpaired) electrons. The zero-order valence-corrected chi connectivity index (χ0v) is 46.1. The molecule has 0 saturated carbocycles. The van der Waals surface area contributed by atoms with E-state index in [0.29, 0.717) is 19.4 Å². The Balaban J connectivity index is 4.24. The quantitative estimate of drug-likeness (QED) is 0.0345. The highest BCUT2D eigenvalue weighted by atomic mass is 16.6. The summed E-state index contributed by atoms with van der Waals surface area (Å²) in [6.45, 7) is 7.85. The maximum atomic E-state index is 12.9. The number of esters is 2. The van der Waals surface area contributed by atoms with E-state index in [1.165, 1.54) is 244 Å². The molecule has 0 bridgehead atoms. The van der Waals surface area contributed by atoms with E-state index in [1.807, 2.05) is 0 Å². The van der Waals surface area contributed by atoms with Crippen LogP contribution in [0.15, 0.2) is 36.5 Å². The predicted octanol–water partition coefficient (Wildman–Crippen LogP) is 20.9. The van der Waals surface area contributed by atoms with Crippen molar-refractivity contribution in [2.45, 2.75) is 335 Å². The van der Waals surface area contributed by atoms with Crippen molar-refractivity contribution in [2.24, 2.45) is 0 Å². The molecule has 0 amide bonds. The van der Waals surface area contributed by atoms with Gasteiger partial charge in [-0.05, 0) is 57.8 Å². The third-order valence-electron chi connectivity index (χ3n) is 13.7. The highest BCUT2D eigenvalue weighted by Crippen LogP contribution is 2.17. The second-order valence-corrected chi connectivity index (χ2v) is 20.6. The van der Waals surface area contributed by atoms with E-state index in [2.05, 4.69) is 57.2 Å². The Hall–Kier alpha value is -1.88. The van der Waals surface area contributed by atoms with Gasteiger partial charge in [0.05, 0.1) is 6.61 Å². The molecule has 0 spiro atoms. The molecule has 0 aliphatic carbocycles. The molecule has 0 aliphatic heterocycles. The Morgan fingerprint density at radius 2 is 0.618 bits per heavy atom. The number of ether oxygens (including phenoxy) is 3. The second-order valence-electron chi connectivity index (χ2n) is 20.6. The molecule has 1 atom stereocenters. The number of allylic oxidation sites excluding steroid dienone is 6. The molecule has 68 heavy (non-hydrogen) atoms. The van der Waals surface area contributed by atoms with Gasteiger partial charge < -0.3 is 14.2 Å². The zero-order chi connectivity index (χ0) is 49.2. The smallest absolute Gasteiger partial charge is 0.306 e. The summed E-state index contributed by atoms with van der Waals surface area (Å²) in [5.74, 6) is -0.379. The van der Waals surface area contributed by atoms with Crippen LogP contribution in [0.1, 0.15) is 329 Å². The van der Waals surface area contributed by atoms with Gasteiger partial charge in [-0.2, -0.15) is 0 Å². The van der Waals surface area contributed by atoms with Crippen LogP contribution in [-0.4, -0.2) is 37.9 Å². The summed E-state index contributed by atoms with van der Waals surface area (Å²) in [6.07, 6.45) is 73.1. The number of rotatable bonds is 57. The molecular formula is C63H118O5. The maximum Gasteiger partial charge on any atom is 0.306 e. The van der Waals surface area contributed by atoms with Crippen molar-refractivity contribution in [3.63, 3.8) is 0 Å². The third kappa shape index (κ3) is 56.7. The van der Waals surface area contributed by atoms with Gasteiger partial charge in [0.25, 0.3) is 0 Å². The Morgan fingerprint density at radius 1 is 0.324 bits per heavy atom. The van der Waals surface area contributed by atoms with Gasteiger partial charge >= 0.3 is 11.9 Å². The number of carbonyl (C=O) groups excluding carboxylic acids is 2. The normalized spacial score (nSPS) is 12.3. The van der Waals surface area contributed by atoms with Gasteiger partial charge in [-0.1, -0.05) is 295 Å². The van der Waals surface area contributed by atoms with Gasteiger partial charge in [-0.15, -0.1) is 0 Å². The van der Waals surface area contributed by atoms with Crippen molar-refractivity contribution in [2.75, 3.05) is 19.8 Å². The first-order valence-electron chi connectivity index (χ1n) is 30.5. The standard InChI is InChI=1S/C63H118O5/c1-4-7-10-13-16-19-22-25-28-30-31-32-34-37-40-43-46-49-52-55-58-66-59-61(68-63(65)57-54-51-48-45-42-39-35-27-24-21-18-15-12-9-6-3)60-67-62(64)56-53-50-47-44-41-38-36-33-29-26-23-20-17-14-11-8-5-2/h16,19,25,28,31-32,61H,4-15,17-18,20-24,26-27,29-30,33-60H2,1-3H3/b19-16-,28-25-,32-31-. The molecule has 0 aliphatic rings. The molecule has 0 aromatic carbocycles. The summed E-state index contributed by atoms with van der Waals surface area (Å²) in [5.41, 5.74) is 0. The highest BCUT2D eigenvalue weighted by molar-refractivity contribution is 5.70. The number of hydrogen-bond donors (Lipinski definition) is 0. The third-order valence-corrected chi connectivity index (χ3v) is 13.7. The Morgan fingerprint density at radius 3 is 1.01 bits per heavy atom. The first-order chi connectivity index (χ1) is 33.6. The van der Waals surface area contributed by atoms with Crippen LogP contribution < -0.4 is 0 Å². The van der Waals surface area contributed by atoms with Crippen molar-refractivity contribution < 1.29 is 23.8 Å². The molecule has 0 saturated heterocycles. The minimum absolute atomic E-state index is 0.0884. The summed E-state index contributed by atoms with van der Waals surface area (Å²) in [4.78, 5) is 25.6. The number of unbranched alkanes of at least 4 members (excludes halogenated alkanes) is 40. The fraction of sp³-hybridized carbons (Fsp3) is 0.873. The van der Waals surface area contributed by atoms with Crippen LogP contribution in [0.25, 0.3) is 0 Å². The summed E-state index contributed by atoms with van der Waals surface area (Å²) in [6, 6.07) is 0. The molecule has 0 rings (SSSR count). The summed E-state index contributed by atoms with van der Waals surface area (Å²) in [7, 11) is 0. The van der Waals surface area contributed by atoms with E-state index in [-0.39, 0.29) is 25.2 Å². The van der Waals surface area contributed by atoms with Crippen LogP contribution in [0, 0.1) is 0 Å². The summed E-state index contributed by atoms with van der Waals surface area (Å²) >= 11 is 0. The average Bonchev–Trinajstić information content (AvgIpc) is 3.34. The van der Waals surface area contributed by atoms with Crippen molar-refractivity contribution >= 4 is 11.9 Å². The number of carbonyl (C=O) groups is 2. The Labute approximate surface area is 425 Å². The Kier molecular flexibility index (Phi) is 57.8. The summed E-state index contributed by atoms with van der Waals surface area (Å²) in [5, 5.41) is 0. The fourth-order valence-corrected chi connectivity index (χ4v) is 9.11. The lowest BCUT2D eigenvalue weighted by Gasteiger charge is -2.18. The van der Waals surface area contributed by atoms with Crippen LogP contribution in [0.4, 0.5) is 0 Å². The first-order valence-corrected chi connectivity index (χ1v) is 30.5. The zero-order valence-electron chi connectivity index (χ0n) is 46.1. The molecule has 0 fully saturated rings. The van der Waals surface area contributed by atoms with Crippen LogP contribution in [-0.2, 0) is 23.8 Å². The monoisotopic (exact) mass is 955 g/mol. The average molecular weight is 956 g/mol. The minimum atomic E-state index is -0.536. The van der Waals surface area contributed by atoms with Crippen LogP contribution in [0.2, 0.25) is 0 Å². The molecule has 1 unspecified atom stereocenters. The molecule has 0 heterocycles. The van der Waals surface area contributed by atoms with Crippen LogP contribution >= 0.6 is 0 Å². The molecule has 5 heteroatoms. The van der Waals surface area contributed by atoms with E-state index in [0.717, 1.165) is 51.4 Å². The molecule has 0 aromatic rings. The lowest BCUT2D eigenvalue weighted by Crippen LogP contribution is -2.30. The molecule has 0 aromatic heterocycles. The first kappa shape index (κ1) is 66.1. The van der Waals surface area contributed by atoms with Gasteiger partial charge in [-0.25, -0.2) is 0 Å². The van der Waals surface area contributed by atoms with Gasteiger partial charge in [0.15, 0.2) is 6.10 Å². The molecule has 5 nitrogen and oxygen atoms in total. The lowest BCUT2D eigenvalue weighted by atomic mass is 10.0. The second kappa shape index (κ2) is 59.4.